The highest BCUT2D eigenvalue weighted by molar-refractivity contribution is 5.77. The number of nitrogens with zero attached hydrogens (tertiary/aromatic N) is 3. The third-order valence-electron chi connectivity index (χ3n) is 5.11. The van der Waals surface area contributed by atoms with Crippen LogP contribution in [-0.2, 0) is 16.0 Å². The van der Waals surface area contributed by atoms with Gasteiger partial charge in [0.25, 0.3) is 0 Å². The molecule has 1 aliphatic heterocycles. The van der Waals surface area contributed by atoms with Gasteiger partial charge < -0.3 is 14.2 Å². The summed E-state index contributed by atoms with van der Waals surface area (Å²) in [6.45, 7) is 1.34. The second-order valence-electron chi connectivity index (χ2n) is 6.73. The second kappa shape index (κ2) is 7.35. The van der Waals surface area contributed by atoms with E-state index < -0.39 is 0 Å². The molecule has 132 valence electrons. The van der Waals surface area contributed by atoms with Crippen molar-refractivity contribution in [3.05, 3.63) is 36.2 Å². The van der Waals surface area contributed by atoms with Crippen molar-refractivity contribution in [1.29, 1.82) is 0 Å². The standard InChI is InChI=1S/C19H23N3O3/c23-18(22-12-13-24-16-9-5-4-8-15(16)22)11-10-17-20-19(21-25-17)14-6-2-1-3-7-14/h1-3,6-7,15-16H,4-5,8-13H2/t15-,16-/m0/s1. The lowest BCUT2D eigenvalue weighted by atomic mass is 9.90. The van der Waals surface area contributed by atoms with Crippen LogP contribution in [0.15, 0.2) is 34.9 Å². The zero-order valence-corrected chi connectivity index (χ0v) is 14.3. The molecule has 1 aliphatic carbocycles. The van der Waals surface area contributed by atoms with Crippen LogP contribution in [0, 0.1) is 0 Å². The van der Waals surface area contributed by atoms with E-state index in [9.17, 15) is 4.79 Å². The minimum atomic E-state index is 0.166. The predicted molar refractivity (Wildman–Crippen MR) is 91.8 cm³/mol. The summed E-state index contributed by atoms with van der Waals surface area (Å²) in [6, 6.07) is 9.96. The Morgan fingerprint density at radius 3 is 2.92 bits per heavy atom. The zero-order chi connectivity index (χ0) is 17.1. The third-order valence-corrected chi connectivity index (χ3v) is 5.11. The van der Waals surface area contributed by atoms with E-state index in [-0.39, 0.29) is 18.1 Å². The summed E-state index contributed by atoms with van der Waals surface area (Å²) in [6.07, 6.45) is 5.60. The fraction of sp³-hybridized carbons (Fsp3) is 0.526. The van der Waals surface area contributed by atoms with Crippen molar-refractivity contribution < 1.29 is 14.1 Å². The lowest BCUT2D eigenvalue weighted by Gasteiger charge is -2.43. The maximum atomic E-state index is 12.7. The highest BCUT2D eigenvalue weighted by Gasteiger charge is 2.36. The largest absolute Gasteiger partial charge is 0.374 e. The number of ether oxygens (including phenoxy) is 1. The van der Waals surface area contributed by atoms with Crippen molar-refractivity contribution in [2.75, 3.05) is 13.2 Å². The second-order valence-corrected chi connectivity index (χ2v) is 6.73. The first-order valence-electron chi connectivity index (χ1n) is 9.10. The van der Waals surface area contributed by atoms with Gasteiger partial charge in [-0.2, -0.15) is 4.98 Å². The molecule has 1 saturated carbocycles. The van der Waals surface area contributed by atoms with Crippen LogP contribution in [0.25, 0.3) is 11.4 Å². The Hall–Kier alpha value is -2.21. The maximum absolute atomic E-state index is 12.7. The van der Waals surface area contributed by atoms with Crippen molar-refractivity contribution in [2.24, 2.45) is 0 Å². The Morgan fingerprint density at radius 1 is 1.20 bits per heavy atom. The van der Waals surface area contributed by atoms with Gasteiger partial charge >= 0.3 is 0 Å². The summed E-state index contributed by atoms with van der Waals surface area (Å²) in [7, 11) is 0. The van der Waals surface area contributed by atoms with Gasteiger partial charge in [0.1, 0.15) is 0 Å². The molecule has 2 aromatic rings. The number of morpholine rings is 1. The number of aromatic nitrogens is 2. The quantitative estimate of drug-likeness (QED) is 0.855. The number of carbonyl (C=O) groups excluding carboxylic acids is 1. The van der Waals surface area contributed by atoms with Gasteiger partial charge in [0.15, 0.2) is 0 Å². The van der Waals surface area contributed by atoms with E-state index >= 15 is 0 Å². The number of benzene rings is 1. The molecule has 4 rings (SSSR count). The molecule has 1 aromatic heterocycles. The van der Waals surface area contributed by atoms with Crippen LogP contribution in [0.5, 0.6) is 0 Å². The number of fused-ring (bicyclic) bond motifs is 1. The van der Waals surface area contributed by atoms with E-state index in [4.69, 9.17) is 9.26 Å². The van der Waals surface area contributed by atoms with Gasteiger partial charge in [-0.05, 0) is 12.8 Å². The summed E-state index contributed by atoms with van der Waals surface area (Å²) < 4.78 is 11.1. The van der Waals surface area contributed by atoms with Gasteiger partial charge in [-0.15, -0.1) is 0 Å². The molecule has 2 fully saturated rings. The molecular formula is C19H23N3O3. The molecule has 0 N–H and O–H groups in total. The molecule has 0 bridgehead atoms. The SMILES string of the molecule is O=C(CCc1nc(-c2ccccc2)no1)N1CCO[C@H]2CCCC[C@@H]21. The normalized spacial score (nSPS) is 23.3. The molecule has 0 unspecified atom stereocenters. The van der Waals surface area contributed by atoms with Gasteiger partial charge in [-0.3, -0.25) is 4.79 Å². The minimum Gasteiger partial charge on any atom is -0.374 e. The molecule has 2 aliphatic rings. The van der Waals surface area contributed by atoms with Crippen LogP contribution in [0.1, 0.15) is 38.0 Å². The number of carbonyl (C=O) groups is 1. The van der Waals surface area contributed by atoms with Gasteiger partial charge in [-0.25, -0.2) is 0 Å². The molecule has 25 heavy (non-hydrogen) atoms. The summed E-state index contributed by atoms with van der Waals surface area (Å²) >= 11 is 0. The van der Waals surface area contributed by atoms with Gasteiger partial charge in [0, 0.05) is 24.9 Å². The van der Waals surface area contributed by atoms with E-state index in [1.807, 2.05) is 35.2 Å². The van der Waals surface area contributed by atoms with E-state index in [0.29, 0.717) is 37.7 Å². The predicted octanol–water partition coefficient (Wildman–Crippen LogP) is 2.84. The van der Waals surface area contributed by atoms with Crippen molar-refractivity contribution in [2.45, 2.75) is 50.7 Å². The summed E-state index contributed by atoms with van der Waals surface area (Å²) in [5, 5.41) is 4.01. The monoisotopic (exact) mass is 341 g/mol. The van der Waals surface area contributed by atoms with Crippen molar-refractivity contribution in [3.8, 4) is 11.4 Å². The Bertz CT molecular complexity index is 714. The molecular weight excluding hydrogens is 318 g/mol. The Labute approximate surface area is 147 Å². The van der Waals surface area contributed by atoms with Crippen LogP contribution in [0.2, 0.25) is 0 Å². The summed E-state index contributed by atoms with van der Waals surface area (Å²) in [5.74, 6) is 1.25. The third kappa shape index (κ3) is 3.58. The fourth-order valence-corrected chi connectivity index (χ4v) is 3.82. The Kier molecular flexibility index (Phi) is 4.78. The number of hydrogen-bond acceptors (Lipinski definition) is 5. The average molecular weight is 341 g/mol. The van der Waals surface area contributed by atoms with Gasteiger partial charge in [0.2, 0.25) is 17.6 Å². The van der Waals surface area contributed by atoms with Crippen LogP contribution in [0.3, 0.4) is 0 Å². The highest BCUT2D eigenvalue weighted by atomic mass is 16.5. The first kappa shape index (κ1) is 16.3. The molecule has 2 atom stereocenters. The van der Waals surface area contributed by atoms with Crippen molar-refractivity contribution in [3.63, 3.8) is 0 Å². The van der Waals surface area contributed by atoms with E-state index in [2.05, 4.69) is 10.1 Å². The topological polar surface area (TPSA) is 68.5 Å². The summed E-state index contributed by atoms with van der Waals surface area (Å²) in [5.41, 5.74) is 0.919. The molecule has 0 spiro atoms. The van der Waals surface area contributed by atoms with Crippen LogP contribution in [0.4, 0.5) is 0 Å². The Balaban J connectivity index is 1.36. The molecule has 0 radical (unpaired) electrons. The van der Waals surface area contributed by atoms with Crippen molar-refractivity contribution >= 4 is 5.91 Å². The lowest BCUT2D eigenvalue weighted by Crippen LogP contribution is -2.54. The van der Waals surface area contributed by atoms with Gasteiger partial charge in [-0.1, -0.05) is 48.3 Å². The minimum absolute atomic E-state index is 0.166. The number of aryl methyl sites for hydroxylation is 1. The molecule has 1 amide bonds. The molecule has 2 heterocycles. The van der Waals surface area contributed by atoms with E-state index in [1.165, 1.54) is 12.8 Å². The number of rotatable bonds is 4. The molecule has 6 heteroatoms. The van der Waals surface area contributed by atoms with Crippen molar-refractivity contribution in [1.82, 2.24) is 15.0 Å². The first-order valence-corrected chi connectivity index (χ1v) is 9.10. The van der Waals surface area contributed by atoms with Crippen LogP contribution >= 0.6 is 0 Å². The van der Waals surface area contributed by atoms with Crippen LogP contribution in [-0.4, -0.2) is 46.2 Å². The summed E-state index contributed by atoms with van der Waals surface area (Å²) in [4.78, 5) is 19.1. The lowest BCUT2D eigenvalue weighted by molar-refractivity contribution is -0.149. The zero-order valence-electron chi connectivity index (χ0n) is 14.3. The highest BCUT2D eigenvalue weighted by Crippen LogP contribution is 2.29. The van der Waals surface area contributed by atoms with E-state index in [1.54, 1.807) is 0 Å². The average Bonchev–Trinajstić information content (AvgIpc) is 3.15. The molecule has 1 saturated heterocycles. The smallest absolute Gasteiger partial charge is 0.227 e. The first-order chi connectivity index (χ1) is 12.3. The Morgan fingerprint density at radius 2 is 2.04 bits per heavy atom. The maximum Gasteiger partial charge on any atom is 0.227 e. The molecule has 1 aromatic carbocycles. The van der Waals surface area contributed by atoms with Crippen LogP contribution < -0.4 is 0 Å². The molecule has 6 nitrogen and oxygen atoms in total. The van der Waals surface area contributed by atoms with Gasteiger partial charge in [0.05, 0.1) is 18.8 Å². The number of amides is 1. The fourth-order valence-electron chi connectivity index (χ4n) is 3.82. The van der Waals surface area contributed by atoms with E-state index in [0.717, 1.165) is 18.4 Å². The number of hydrogen-bond donors (Lipinski definition) is 0.